The van der Waals surface area contributed by atoms with E-state index in [0.717, 1.165) is 22.5 Å². The Morgan fingerprint density at radius 1 is 1.07 bits per heavy atom. The molecule has 2 aromatic carbocycles. The average Bonchev–Trinajstić information content (AvgIpc) is 2.92. The van der Waals surface area contributed by atoms with Crippen LogP contribution in [0.2, 0.25) is 5.02 Å². The second-order valence-electron chi connectivity index (χ2n) is 6.62. The molecule has 3 rings (SSSR count). The molecule has 1 heterocycles. The van der Waals surface area contributed by atoms with E-state index in [-0.39, 0.29) is 18.2 Å². The van der Waals surface area contributed by atoms with Gasteiger partial charge in [-0.15, -0.1) is 0 Å². The van der Waals surface area contributed by atoms with Crippen LogP contribution >= 0.6 is 11.6 Å². The molecule has 1 aromatic heterocycles. The zero-order chi connectivity index (χ0) is 19.6. The summed E-state index contributed by atoms with van der Waals surface area (Å²) in [5.74, 6) is 0.275. The van der Waals surface area contributed by atoms with Crippen LogP contribution in [0.5, 0.6) is 5.75 Å². The lowest BCUT2D eigenvalue weighted by molar-refractivity contribution is 0.0920. The van der Waals surface area contributed by atoms with E-state index in [1.807, 2.05) is 37.5 Å². The van der Waals surface area contributed by atoms with Crippen molar-refractivity contribution in [1.29, 1.82) is 0 Å². The first-order chi connectivity index (χ1) is 12.8. The third kappa shape index (κ3) is 4.40. The van der Waals surface area contributed by atoms with E-state index in [0.29, 0.717) is 22.9 Å². The van der Waals surface area contributed by atoms with Crippen molar-refractivity contribution in [3.8, 4) is 5.75 Å². The van der Waals surface area contributed by atoms with Crippen LogP contribution in [0.25, 0.3) is 0 Å². The van der Waals surface area contributed by atoms with Crippen LogP contribution in [0.1, 0.15) is 32.9 Å². The number of benzene rings is 2. The van der Waals surface area contributed by atoms with Gasteiger partial charge in [0.05, 0.1) is 0 Å². The van der Waals surface area contributed by atoms with Gasteiger partial charge in [-0.2, -0.15) is 0 Å². The number of Topliss-reactive ketones (excluding diaryl/α,β-unsaturated/α-hetero) is 1. The Labute approximate surface area is 163 Å². The van der Waals surface area contributed by atoms with E-state index in [9.17, 15) is 9.18 Å². The highest BCUT2D eigenvalue weighted by molar-refractivity contribution is 6.31. The van der Waals surface area contributed by atoms with Crippen LogP contribution < -0.4 is 4.74 Å². The Balaban J connectivity index is 1.73. The number of nitrogens with zero attached hydrogens (tertiary/aromatic N) is 1. The maximum Gasteiger partial charge on any atom is 0.202 e. The number of ether oxygens (including phenoxy) is 1. The lowest BCUT2D eigenvalue weighted by atomic mass is 10.1. The molecule has 0 aliphatic heterocycles. The number of hydrogen-bond acceptors (Lipinski definition) is 2. The van der Waals surface area contributed by atoms with Crippen LogP contribution in [0.15, 0.2) is 48.5 Å². The second kappa shape index (κ2) is 7.97. The van der Waals surface area contributed by atoms with Gasteiger partial charge in [0.2, 0.25) is 5.78 Å². The summed E-state index contributed by atoms with van der Waals surface area (Å²) in [5.41, 5.74) is 4.37. The molecule has 0 N–H and O–H groups in total. The first-order valence-corrected chi connectivity index (χ1v) is 9.06. The molecule has 0 atom stereocenters. The predicted molar refractivity (Wildman–Crippen MR) is 105 cm³/mol. The summed E-state index contributed by atoms with van der Waals surface area (Å²) in [7, 11) is 0. The van der Waals surface area contributed by atoms with Crippen molar-refractivity contribution in [1.82, 2.24) is 4.57 Å². The van der Waals surface area contributed by atoms with Gasteiger partial charge in [0.15, 0.2) is 6.61 Å². The number of halogens is 2. The standard InChI is InChI=1S/C22H21ClFNO2/c1-14-10-19(8-9-21(14)23)27-13-22(26)20-11-15(2)25(16(20)3)12-17-4-6-18(24)7-5-17/h4-11H,12-13H2,1-3H3. The number of rotatable bonds is 6. The maximum atomic E-state index is 13.1. The summed E-state index contributed by atoms with van der Waals surface area (Å²) in [6.45, 7) is 6.30. The zero-order valence-electron chi connectivity index (χ0n) is 15.6. The molecule has 140 valence electrons. The minimum Gasteiger partial charge on any atom is -0.485 e. The van der Waals surface area contributed by atoms with Gasteiger partial charge in [0.25, 0.3) is 0 Å². The Bertz CT molecular complexity index is 977. The molecule has 0 aliphatic rings. The summed E-state index contributed by atoms with van der Waals surface area (Å²) in [5, 5.41) is 0.665. The zero-order valence-corrected chi connectivity index (χ0v) is 16.3. The summed E-state index contributed by atoms with van der Waals surface area (Å²) in [6, 6.07) is 13.6. The predicted octanol–water partition coefficient (Wildman–Crippen LogP) is 5.52. The Morgan fingerprint density at radius 3 is 2.44 bits per heavy atom. The fraction of sp³-hybridized carbons (Fsp3) is 0.227. The first-order valence-electron chi connectivity index (χ1n) is 8.68. The van der Waals surface area contributed by atoms with Crippen LogP contribution in [0.3, 0.4) is 0 Å². The van der Waals surface area contributed by atoms with Crippen LogP contribution in [0, 0.1) is 26.6 Å². The Kier molecular flexibility index (Phi) is 5.66. The lowest BCUT2D eigenvalue weighted by Gasteiger charge is -2.10. The molecule has 0 bridgehead atoms. The quantitative estimate of drug-likeness (QED) is 0.523. The summed E-state index contributed by atoms with van der Waals surface area (Å²) < 4.78 is 20.8. The fourth-order valence-corrected chi connectivity index (χ4v) is 3.15. The van der Waals surface area contributed by atoms with Crippen LogP contribution in [0.4, 0.5) is 4.39 Å². The van der Waals surface area contributed by atoms with Gasteiger partial charge in [-0.25, -0.2) is 4.39 Å². The normalized spacial score (nSPS) is 10.9. The summed E-state index contributed by atoms with van der Waals surface area (Å²) in [4.78, 5) is 12.6. The minimum absolute atomic E-state index is 0.0398. The van der Waals surface area contributed by atoms with Crippen molar-refractivity contribution >= 4 is 17.4 Å². The molecule has 0 saturated heterocycles. The van der Waals surface area contributed by atoms with Crippen LogP contribution in [-0.4, -0.2) is 17.0 Å². The van der Waals surface area contributed by atoms with Crippen molar-refractivity contribution in [2.75, 3.05) is 6.61 Å². The molecule has 5 heteroatoms. The molecule has 0 unspecified atom stereocenters. The van der Waals surface area contributed by atoms with Gasteiger partial charge in [-0.05, 0) is 68.3 Å². The van der Waals surface area contributed by atoms with E-state index < -0.39 is 0 Å². The molecule has 0 fully saturated rings. The highest BCUT2D eigenvalue weighted by atomic mass is 35.5. The molecule has 0 saturated carbocycles. The van der Waals surface area contributed by atoms with E-state index >= 15 is 0 Å². The fourth-order valence-electron chi connectivity index (χ4n) is 3.03. The van der Waals surface area contributed by atoms with Crippen molar-refractivity contribution in [2.45, 2.75) is 27.3 Å². The average molecular weight is 386 g/mol. The number of aryl methyl sites for hydroxylation is 2. The van der Waals surface area contributed by atoms with Gasteiger partial charge < -0.3 is 9.30 Å². The maximum absolute atomic E-state index is 13.1. The Hall–Kier alpha value is -2.59. The van der Waals surface area contributed by atoms with E-state index in [4.69, 9.17) is 16.3 Å². The van der Waals surface area contributed by atoms with Gasteiger partial charge in [-0.3, -0.25) is 4.79 Å². The van der Waals surface area contributed by atoms with Gasteiger partial charge in [0.1, 0.15) is 11.6 Å². The molecule has 0 spiro atoms. The molecule has 0 aliphatic carbocycles. The Morgan fingerprint density at radius 2 is 1.78 bits per heavy atom. The number of carbonyl (C=O) groups excluding carboxylic acids is 1. The van der Waals surface area contributed by atoms with Crippen molar-refractivity contribution in [3.63, 3.8) is 0 Å². The van der Waals surface area contributed by atoms with E-state index in [1.165, 1.54) is 12.1 Å². The van der Waals surface area contributed by atoms with Gasteiger partial charge in [0, 0.05) is 28.5 Å². The third-order valence-corrected chi connectivity index (χ3v) is 5.05. The molecular weight excluding hydrogens is 365 g/mol. The monoisotopic (exact) mass is 385 g/mol. The summed E-state index contributed by atoms with van der Waals surface area (Å²) in [6.07, 6.45) is 0. The summed E-state index contributed by atoms with van der Waals surface area (Å²) >= 11 is 6.01. The van der Waals surface area contributed by atoms with E-state index in [2.05, 4.69) is 0 Å². The first kappa shape index (κ1) is 19.2. The topological polar surface area (TPSA) is 31.2 Å². The van der Waals surface area contributed by atoms with Crippen molar-refractivity contribution in [2.24, 2.45) is 0 Å². The molecule has 0 radical (unpaired) electrons. The number of hydrogen-bond donors (Lipinski definition) is 0. The lowest BCUT2D eigenvalue weighted by Crippen LogP contribution is -2.13. The van der Waals surface area contributed by atoms with Gasteiger partial charge >= 0.3 is 0 Å². The molecule has 27 heavy (non-hydrogen) atoms. The second-order valence-corrected chi connectivity index (χ2v) is 7.03. The highest BCUT2D eigenvalue weighted by Crippen LogP contribution is 2.22. The SMILES string of the molecule is Cc1cc(OCC(=O)c2cc(C)n(Cc3ccc(F)cc3)c2C)ccc1Cl. The molecule has 3 aromatic rings. The number of aromatic nitrogens is 1. The van der Waals surface area contributed by atoms with Crippen molar-refractivity contribution < 1.29 is 13.9 Å². The van der Waals surface area contributed by atoms with E-state index in [1.54, 1.807) is 24.3 Å². The molecule has 3 nitrogen and oxygen atoms in total. The van der Waals surface area contributed by atoms with Gasteiger partial charge in [-0.1, -0.05) is 23.7 Å². The molecular formula is C22H21ClFNO2. The van der Waals surface area contributed by atoms with Crippen LogP contribution in [-0.2, 0) is 6.54 Å². The number of ketones is 1. The third-order valence-electron chi connectivity index (χ3n) is 4.63. The minimum atomic E-state index is -0.259. The smallest absolute Gasteiger partial charge is 0.202 e. The highest BCUT2D eigenvalue weighted by Gasteiger charge is 2.16. The van der Waals surface area contributed by atoms with Crippen molar-refractivity contribution in [3.05, 3.63) is 87.4 Å². The largest absolute Gasteiger partial charge is 0.485 e. The number of carbonyl (C=O) groups is 1. The molecule has 0 amide bonds.